The van der Waals surface area contributed by atoms with E-state index in [0.717, 1.165) is 5.56 Å². The van der Waals surface area contributed by atoms with Crippen molar-refractivity contribution in [2.75, 3.05) is 0 Å². The molecule has 0 aromatic heterocycles. The Morgan fingerprint density at radius 1 is 1.04 bits per heavy atom. The van der Waals surface area contributed by atoms with E-state index in [-0.39, 0.29) is 35.5 Å². The average molecular weight is 324 g/mol. The zero-order chi connectivity index (χ0) is 17.3. The highest BCUT2D eigenvalue weighted by Crippen LogP contribution is 2.38. The SMILES string of the molecule is Cc1c(F)cccc1[C@@H]1[CH][C@@H](C)N[C@H](C)[C@H]1C(=O)c1ccccc1. The summed E-state index contributed by atoms with van der Waals surface area (Å²) in [6.45, 7) is 5.90. The third-order valence-electron chi connectivity index (χ3n) is 4.98. The van der Waals surface area contributed by atoms with Crippen LogP contribution in [0.2, 0.25) is 0 Å². The lowest BCUT2D eigenvalue weighted by Gasteiger charge is -2.40. The molecule has 0 bridgehead atoms. The molecule has 0 aliphatic carbocycles. The first kappa shape index (κ1) is 16.8. The van der Waals surface area contributed by atoms with E-state index in [9.17, 15) is 9.18 Å². The van der Waals surface area contributed by atoms with Crippen LogP contribution in [0.1, 0.15) is 41.3 Å². The average Bonchev–Trinajstić information content (AvgIpc) is 2.57. The molecule has 125 valence electrons. The molecule has 4 atom stereocenters. The van der Waals surface area contributed by atoms with Gasteiger partial charge in [-0.3, -0.25) is 4.79 Å². The summed E-state index contributed by atoms with van der Waals surface area (Å²) >= 11 is 0. The molecule has 2 aromatic rings. The van der Waals surface area contributed by atoms with Gasteiger partial charge in [-0.1, -0.05) is 42.5 Å². The molecule has 3 heteroatoms. The van der Waals surface area contributed by atoms with Gasteiger partial charge in [-0.05, 0) is 44.4 Å². The van der Waals surface area contributed by atoms with Crippen LogP contribution in [-0.4, -0.2) is 17.9 Å². The highest BCUT2D eigenvalue weighted by atomic mass is 19.1. The molecule has 1 N–H and O–H groups in total. The summed E-state index contributed by atoms with van der Waals surface area (Å²) in [7, 11) is 0. The Bertz CT molecular complexity index is 728. The zero-order valence-corrected chi connectivity index (χ0v) is 14.3. The Morgan fingerprint density at radius 2 is 1.75 bits per heavy atom. The lowest BCUT2D eigenvalue weighted by Crippen LogP contribution is -2.51. The van der Waals surface area contributed by atoms with Gasteiger partial charge >= 0.3 is 0 Å². The molecule has 0 amide bonds. The fraction of sp³-hybridized carbons (Fsp3) is 0.333. The summed E-state index contributed by atoms with van der Waals surface area (Å²) in [6.07, 6.45) is 2.13. The second-order valence-electron chi connectivity index (χ2n) is 6.67. The minimum atomic E-state index is -0.246. The maximum atomic E-state index is 14.1. The Labute approximate surface area is 143 Å². The standard InChI is InChI=1S/C21H23FNO/c1-13-12-18(17-10-7-11-19(22)14(17)2)20(15(3)23-13)21(24)16-8-5-4-6-9-16/h4-13,15,18,20,23H,1-3H3/t13-,15-,18+,20-/m1/s1. The summed E-state index contributed by atoms with van der Waals surface area (Å²) in [4.78, 5) is 13.1. The van der Waals surface area contributed by atoms with Gasteiger partial charge in [0, 0.05) is 29.5 Å². The molecule has 1 saturated heterocycles. The lowest BCUT2D eigenvalue weighted by molar-refractivity contribution is 0.0852. The summed E-state index contributed by atoms with van der Waals surface area (Å²) in [5.41, 5.74) is 2.24. The Balaban J connectivity index is 2.03. The van der Waals surface area contributed by atoms with Gasteiger partial charge in [-0.2, -0.15) is 0 Å². The topological polar surface area (TPSA) is 29.1 Å². The van der Waals surface area contributed by atoms with Crippen LogP contribution in [-0.2, 0) is 0 Å². The van der Waals surface area contributed by atoms with E-state index < -0.39 is 0 Å². The van der Waals surface area contributed by atoms with Crippen molar-refractivity contribution in [1.29, 1.82) is 0 Å². The van der Waals surface area contributed by atoms with Gasteiger partial charge in [-0.25, -0.2) is 4.39 Å². The predicted molar refractivity (Wildman–Crippen MR) is 94.5 cm³/mol. The molecule has 1 aliphatic rings. The first-order chi connectivity index (χ1) is 11.5. The largest absolute Gasteiger partial charge is 0.311 e. The first-order valence-electron chi connectivity index (χ1n) is 8.44. The summed E-state index contributed by atoms with van der Waals surface area (Å²) in [6, 6.07) is 14.7. The molecule has 0 unspecified atom stereocenters. The highest BCUT2D eigenvalue weighted by molar-refractivity contribution is 5.99. The van der Waals surface area contributed by atoms with Crippen LogP contribution in [0.15, 0.2) is 48.5 Å². The number of ketones is 1. The van der Waals surface area contributed by atoms with Crippen LogP contribution in [0, 0.1) is 25.1 Å². The summed E-state index contributed by atoms with van der Waals surface area (Å²) < 4.78 is 14.1. The number of nitrogens with one attached hydrogen (secondary N) is 1. The van der Waals surface area contributed by atoms with Gasteiger partial charge in [0.2, 0.25) is 0 Å². The molecule has 24 heavy (non-hydrogen) atoms. The van der Waals surface area contributed by atoms with Crippen molar-refractivity contribution in [3.05, 3.63) is 77.5 Å². The van der Waals surface area contributed by atoms with Crippen molar-refractivity contribution in [1.82, 2.24) is 5.32 Å². The number of carbonyl (C=O) groups is 1. The molecular formula is C21H23FNO. The summed E-state index contributed by atoms with van der Waals surface area (Å²) in [5, 5.41) is 3.44. The molecule has 0 spiro atoms. The number of carbonyl (C=O) groups excluding carboxylic acids is 1. The molecule has 1 heterocycles. The number of hydrogen-bond donors (Lipinski definition) is 1. The molecule has 2 aromatic carbocycles. The first-order valence-corrected chi connectivity index (χ1v) is 8.44. The molecule has 3 rings (SSSR count). The fourth-order valence-electron chi connectivity index (χ4n) is 3.78. The van der Waals surface area contributed by atoms with Crippen LogP contribution in [0.25, 0.3) is 0 Å². The predicted octanol–water partition coefficient (Wildman–Crippen LogP) is 4.30. The van der Waals surface area contributed by atoms with Crippen molar-refractivity contribution in [3.63, 3.8) is 0 Å². The zero-order valence-electron chi connectivity index (χ0n) is 14.3. The second-order valence-corrected chi connectivity index (χ2v) is 6.67. The van der Waals surface area contributed by atoms with Gasteiger partial charge in [0.05, 0.1) is 0 Å². The van der Waals surface area contributed by atoms with E-state index in [2.05, 4.69) is 18.7 Å². The third kappa shape index (κ3) is 3.13. The van der Waals surface area contributed by atoms with Crippen molar-refractivity contribution in [2.24, 2.45) is 5.92 Å². The Hall–Kier alpha value is -2.00. The number of piperidine rings is 1. The third-order valence-corrected chi connectivity index (χ3v) is 4.98. The number of rotatable bonds is 3. The number of halogens is 1. The van der Waals surface area contributed by atoms with Gasteiger partial charge < -0.3 is 5.32 Å². The van der Waals surface area contributed by atoms with Gasteiger partial charge in [0.1, 0.15) is 5.82 Å². The molecule has 0 saturated carbocycles. The van der Waals surface area contributed by atoms with Gasteiger partial charge in [-0.15, -0.1) is 0 Å². The van der Waals surface area contributed by atoms with Crippen molar-refractivity contribution in [2.45, 2.75) is 38.8 Å². The quantitative estimate of drug-likeness (QED) is 0.853. The smallest absolute Gasteiger partial charge is 0.168 e. The van der Waals surface area contributed by atoms with Crippen molar-refractivity contribution in [3.8, 4) is 0 Å². The van der Waals surface area contributed by atoms with Crippen LogP contribution in [0.5, 0.6) is 0 Å². The monoisotopic (exact) mass is 324 g/mol. The molecule has 1 fully saturated rings. The van der Waals surface area contributed by atoms with Crippen LogP contribution < -0.4 is 5.32 Å². The van der Waals surface area contributed by atoms with Crippen molar-refractivity contribution < 1.29 is 9.18 Å². The van der Waals surface area contributed by atoms with Crippen LogP contribution in [0.4, 0.5) is 4.39 Å². The normalized spacial score (nSPS) is 27.0. The Kier molecular flexibility index (Phi) is 4.81. The van der Waals surface area contributed by atoms with E-state index in [0.29, 0.717) is 11.1 Å². The van der Waals surface area contributed by atoms with Crippen molar-refractivity contribution >= 4 is 5.78 Å². The maximum absolute atomic E-state index is 14.1. The fourth-order valence-corrected chi connectivity index (χ4v) is 3.78. The summed E-state index contributed by atoms with van der Waals surface area (Å²) in [5.74, 6) is -0.457. The van der Waals surface area contributed by atoms with Gasteiger partial charge in [0.25, 0.3) is 0 Å². The van der Waals surface area contributed by atoms with Crippen LogP contribution >= 0.6 is 0 Å². The molecule has 2 nitrogen and oxygen atoms in total. The number of Topliss-reactive ketones (excluding diaryl/α,β-unsaturated/α-hetero) is 1. The molecule has 1 radical (unpaired) electrons. The minimum absolute atomic E-state index is 0.0189. The van der Waals surface area contributed by atoms with E-state index >= 15 is 0 Å². The van der Waals surface area contributed by atoms with E-state index in [1.54, 1.807) is 13.0 Å². The second kappa shape index (κ2) is 6.86. The van der Waals surface area contributed by atoms with E-state index in [1.165, 1.54) is 6.07 Å². The maximum Gasteiger partial charge on any atom is 0.168 e. The lowest BCUT2D eigenvalue weighted by atomic mass is 9.71. The van der Waals surface area contributed by atoms with Gasteiger partial charge in [0.15, 0.2) is 5.78 Å². The van der Waals surface area contributed by atoms with E-state index in [1.807, 2.05) is 43.3 Å². The molecular weight excluding hydrogens is 301 g/mol. The Morgan fingerprint density at radius 3 is 2.46 bits per heavy atom. The number of hydrogen-bond acceptors (Lipinski definition) is 2. The molecule has 1 aliphatic heterocycles. The van der Waals surface area contributed by atoms with Crippen LogP contribution in [0.3, 0.4) is 0 Å². The number of benzene rings is 2. The highest BCUT2D eigenvalue weighted by Gasteiger charge is 2.40. The van der Waals surface area contributed by atoms with E-state index in [4.69, 9.17) is 0 Å². The minimum Gasteiger partial charge on any atom is -0.311 e.